The standard InChI is InChI=1S/C24H32N4O2/c1-3-26-24(27-15-18-8-12-20(13-9-18)23(25)29)28-16-21-5-4-14-30-22(21)19-10-6-17(2)7-11-19/h6-13,21-22H,3-5,14-16H2,1-2H3,(H2,25,29)(H2,26,27,28). The lowest BCUT2D eigenvalue weighted by Crippen LogP contribution is -2.42. The molecule has 0 aliphatic carbocycles. The molecule has 1 fully saturated rings. The fourth-order valence-electron chi connectivity index (χ4n) is 3.69. The Hall–Kier alpha value is -2.86. The molecule has 2 aromatic carbocycles. The van der Waals surface area contributed by atoms with Crippen molar-refractivity contribution in [1.82, 2.24) is 10.6 Å². The summed E-state index contributed by atoms with van der Waals surface area (Å²) < 4.78 is 6.13. The van der Waals surface area contributed by atoms with Gasteiger partial charge in [0.25, 0.3) is 0 Å². The average molecular weight is 409 g/mol. The molecule has 0 aromatic heterocycles. The number of aliphatic imine (C=N–C) groups is 1. The Balaban J connectivity index is 1.62. The number of hydrogen-bond acceptors (Lipinski definition) is 3. The summed E-state index contributed by atoms with van der Waals surface area (Å²) in [5.74, 6) is 0.753. The van der Waals surface area contributed by atoms with E-state index in [4.69, 9.17) is 10.5 Å². The number of nitrogens with zero attached hydrogens (tertiary/aromatic N) is 1. The Kier molecular flexibility index (Phi) is 7.85. The van der Waals surface area contributed by atoms with E-state index >= 15 is 0 Å². The van der Waals surface area contributed by atoms with Gasteiger partial charge in [0.05, 0.1) is 12.6 Å². The summed E-state index contributed by atoms with van der Waals surface area (Å²) in [6.07, 6.45) is 2.31. The van der Waals surface area contributed by atoms with Crippen molar-refractivity contribution in [3.8, 4) is 0 Å². The van der Waals surface area contributed by atoms with Gasteiger partial charge in [0.1, 0.15) is 0 Å². The normalized spacial score (nSPS) is 19.3. The first-order chi connectivity index (χ1) is 14.6. The van der Waals surface area contributed by atoms with Crippen molar-refractivity contribution in [3.05, 3.63) is 70.8 Å². The topological polar surface area (TPSA) is 88.7 Å². The minimum absolute atomic E-state index is 0.107. The molecule has 2 aromatic rings. The Bertz CT molecular complexity index is 847. The van der Waals surface area contributed by atoms with Crippen molar-refractivity contribution in [2.45, 2.75) is 39.3 Å². The third kappa shape index (κ3) is 6.07. The smallest absolute Gasteiger partial charge is 0.248 e. The molecule has 0 saturated carbocycles. The molecule has 2 unspecified atom stereocenters. The summed E-state index contributed by atoms with van der Waals surface area (Å²) >= 11 is 0. The first kappa shape index (κ1) is 21.8. The second kappa shape index (κ2) is 10.8. The molecule has 4 N–H and O–H groups in total. The highest BCUT2D eigenvalue weighted by Crippen LogP contribution is 2.33. The number of aryl methyl sites for hydroxylation is 1. The van der Waals surface area contributed by atoms with Crippen molar-refractivity contribution in [2.24, 2.45) is 16.6 Å². The molecule has 1 saturated heterocycles. The van der Waals surface area contributed by atoms with Crippen LogP contribution >= 0.6 is 0 Å². The van der Waals surface area contributed by atoms with Crippen LogP contribution in [0.4, 0.5) is 0 Å². The molecule has 6 heteroatoms. The van der Waals surface area contributed by atoms with Crippen molar-refractivity contribution >= 4 is 11.9 Å². The van der Waals surface area contributed by atoms with Crippen LogP contribution in [-0.4, -0.2) is 31.6 Å². The number of amides is 1. The van der Waals surface area contributed by atoms with E-state index in [1.54, 1.807) is 12.1 Å². The number of benzene rings is 2. The monoisotopic (exact) mass is 408 g/mol. The quantitative estimate of drug-likeness (QED) is 0.484. The summed E-state index contributed by atoms with van der Waals surface area (Å²) in [7, 11) is 0. The molecule has 0 bridgehead atoms. The highest BCUT2D eigenvalue weighted by atomic mass is 16.5. The van der Waals surface area contributed by atoms with Crippen molar-refractivity contribution in [3.63, 3.8) is 0 Å². The molecular formula is C24H32N4O2. The Morgan fingerprint density at radius 3 is 2.53 bits per heavy atom. The zero-order valence-electron chi connectivity index (χ0n) is 17.9. The van der Waals surface area contributed by atoms with Gasteiger partial charge in [0.15, 0.2) is 5.96 Å². The highest BCUT2D eigenvalue weighted by Gasteiger charge is 2.27. The second-order valence-electron chi connectivity index (χ2n) is 7.74. The van der Waals surface area contributed by atoms with Crippen molar-refractivity contribution < 1.29 is 9.53 Å². The number of ether oxygens (including phenoxy) is 1. The summed E-state index contributed by atoms with van der Waals surface area (Å²) in [6.45, 7) is 7.07. The Labute approximate surface area is 178 Å². The van der Waals surface area contributed by atoms with Crippen molar-refractivity contribution in [2.75, 3.05) is 19.7 Å². The number of nitrogens with two attached hydrogens (primary N) is 1. The van der Waals surface area contributed by atoms with E-state index in [0.29, 0.717) is 18.0 Å². The van der Waals surface area contributed by atoms with Gasteiger partial charge in [0, 0.05) is 31.2 Å². The van der Waals surface area contributed by atoms with Crippen LogP contribution < -0.4 is 16.4 Å². The van der Waals surface area contributed by atoms with E-state index in [1.807, 2.05) is 12.1 Å². The van der Waals surface area contributed by atoms with Gasteiger partial charge < -0.3 is 21.1 Å². The van der Waals surface area contributed by atoms with Gasteiger partial charge in [-0.05, 0) is 49.9 Å². The van der Waals surface area contributed by atoms with Gasteiger partial charge in [-0.1, -0.05) is 42.0 Å². The third-order valence-electron chi connectivity index (χ3n) is 5.38. The van der Waals surface area contributed by atoms with Crippen LogP contribution in [0.5, 0.6) is 0 Å². The second-order valence-corrected chi connectivity index (χ2v) is 7.74. The summed E-state index contributed by atoms with van der Waals surface area (Å²) in [5.41, 5.74) is 9.33. The minimum atomic E-state index is -0.419. The van der Waals surface area contributed by atoms with E-state index < -0.39 is 5.91 Å². The number of guanidine groups is 1. The lowest BCUT2D eigenvalue weighted by atomic mass is 9.89. The van der Waals surface area contributed by atoms with Gasteiger partial charge in [0.2, 0.25) is 5.91 Å². The Morgan fingerprint density at radius 1 is 1.13 bits per heavy atom. The number of carbonyl (C=O) groups excluding carboxylic acids is 1. The molecule has 160 valence electrons. The zero-order chi connectivity index (χ0) is 21.3. The maximum Gasteiger partial charge on any atom is 0.248 e. The molecule has 1 aliphatic rings. The van der Waals surface area contributed by atoms with Gasteiger partial charge >= 0.3 is 0 Å². The molecule has 1 amide bonds. The minimum Gasteiger partial charge on any atom is -0.373 e. The first-order valence-electron chi connectivity index (χ1n) is 10.7. The lowest BCUT2D eigenvalue weighted by molar-refractivity contribution is -0.0265. The number of rotatable bonds is 7. The van der Waals surface area contributed by atoms with Crippen LogP contribution in [0.15, 0.2) is 53.5 Å². The largest absolute Gasteiger partial charge is 0.373 e. The van der Waals surface area contributed by atoms with E-state index in [0.717, 1.165) is 44.1 Å². The summed E-state index contributed by atoms with van der Waals surface area (Å²) in [4.78, 5) is 15.9. The zero-order valence-corrected chi connectivity index (χ0v) is 17.9. The third-order valence-corrected chi connectivity index (χ3v) is 5.38. The van der Waals surface area contributed by atoms with Gasteiger partial charge in [-0.25, -0.2) is 4.99 Å². The van der Waals surface area contributed by atoms with Crippen LogP contribution in [0.1, 0.15) is 52.9 Å². The van der Waals surface area contributed by atoms with Crippen molar-refractivity contribution in [1.29, 1.82) is 0 Å². The number of carbonyl (C=O) groups is 1. The van der Waals surface area contributed by atoms with E-state index in [1.165, 1.54) is 11.1 Å². The van der Waals surface area contributed by atoms with Crippen LogP contribution in [0, 0.1) is 12.8 Å². The number of hydrogen-bond donors (Lipinski definition) is 3. The van der Waals surface area contributed by atoms with E-state index in [9.17, 15) is 4.79 Å². The molecule has 30 heavy (non-hydrogen) atoms. The van der Waals surface area contributed by atoms with Gasteiger partial charge in [-0.15, -0.1) is 0 Å². The average Bonchev–Trinajstić information content (AvgIpc) is 2.77. The predicted molar refractivity (Wildman–Crippen MR) is 120 cm³/mol. The fraction of sp³-hybridized carbons (Fsp3) is 0.417. The molecular weight excluding hydrogens is 376 g/mol. The van der Waals surface area contributed by atoms with Crippen LogP contribution in [-0.2, 0) is 11.3 Å². The SMILES string of the molecule is CCNC(=NCc1ccc(C(N)=O)cc1)NCC1CCCOC1c1ccc(C)cc1. The fourth-order valence-corrected chi connectivity index (χ4v) is 3.69. The molecule has 1 heterocycles. The van der Waals surface area contributed by atoms with Crippen LogP contribution in [0.2, 0.25) is 0 Å². The maximum absolute atomic E-state index is 11.2. The molecule has 1 aliphatic heterocycles. The molecule has 3 rings (SSSR count). The number of nitrogens with one attached hydrogen (secondary N) is 2. The highest BCUT2D eigenvalue weighted by molar-refractivity contribution is 5.92. The summed E-state index contributed by atoms with van der Waals surface area (Å²) in [5, 5.41) is 6.79. The predicted octanol–water partition coefficient (Wildman–Crippen LogP) is 3.32. The van der Waals surface area contributed by atoms with Gasteiger partial charge in [-0.2, -0.15) is 0 Å². The summed E-state index contributed by atoms with van der Waals surface area (Å²) in [6, 6.07) is 15.9. The lowest BCUT2D eigenvalue weighted by Gasteiger charge is -2.32. The van der Waals surface area contributed by atoms with Crippen LogP contribution in [0.3, 0.4) is 0 Å². The molecule has 0 spiro atoms. The van der Waals surface area contributed by atoms with Gasteiger partial charge in [-0.3, -0.25) is 4.79 Å². The Morgan fingerprint density at radius 2 is 1.87 bits per heavy atom. The molecule has 6 nitrogen and oxygen atoms in total. The maximum atomic E-state index is 11.2. The van der Waals surface area contributed by atoms with E-state index in [-0.39, 0.29) is 6.10 Å². The first-order valence-corrected chi connectivity index (χ1v) is 10.7. The van der Waals surface area contributed by atoms with E-state index in [2.05, 4.69) is 53.7 Å². The molecule has 2 atom stereocenters. The molecule has 0 radical (unpaired) electrons. The van der Waals surface area contributed by atoms with Crippen LogP contribution in [0.25, 0.3) is 0 Å². The number of primary amides is 1.